The molecule has 0 atom stereocenters. The molecular formula is C11H17ClN2O3S2. The summed E-state index contributed by atoms with van der Waals surface area (Å²) < 4.78 is 41.4. The van der Waals surface area contributed by atoms with Crippen molar-refractivity contribution in [1.29, 1.82) is 0 Å². The second kappa shape index (κ2) is 6.11. The predicted octanol–water partition coefficient (Wildman–Crippen LogP) is 2.81. The molecule has 0 heterocycles. The fourth-order valence-electron chi connectivity index (χ4n) is 1.31. The van der Waals surface area contributed by atoms with Crippen molar-refractivity contribution in [2.45, 2.75) is 20.8 Å². The summed E-state index contributed by atoms with van der Waals surface area (Å²) in [7, 11) is -6.72. The first-order valence-corrected chi connectivity index (χ1v) is 9.41. The molecule has 0 aromatic heterocycles. The molecule has 0 unspecified atom stereocenters. The van der Waals surface area contributed by atoms with Gasteiger partial charge in [0.15, 0.2) is 0 Å². The van der Waals surface area contributed by atoms with Gasteiger partial charge in [-0.05, 0) is 24.6 Å². The van der Waals surface area contributed by atoms with Crippen molar-refractivity contribution in [2.24, 2.45) is 3.77 Å². The van der Waals surface area contributed by atoms with E-state index in [-0.39, 0.29) is 11.5 Å². The van der Waals surface area contributed by atoms with Crippen LogP contribution in [0.1, 0.15) is 19.4 Å². The summed E-state index contributed by atoms with van der Waals surface area (Å²) in [5.41, 5.74) is 1.14. The average molecular weight is 325 g/mol. The van der Waals surface area contributed by atoms with E-state index in [1.54, 1.807) is 26.0 Å². The van der Waals surface area contributed by atoms with Crippen molar-refractivity contribution in [1.82, 2.24) is 0 Å². The van der Waals surface area contributed by atoms with Crippen LogP contribution >= 0.6 is 11.6 Å². The molecule has 19 heavy (non-hydrogen) atoms. The van der Waals surface area contributed by atoms with Crippen molar-refractivity contribution >= 4 is 37.2 Å². The van der Waals surface area contributed by atoms with Gasteiger partial charge in [-0.1, -0.05) is 35.3 Å². The third-order valence-electron chi connectivity index (χ3n) is 2.55. The van der Waals surface area contributed by atoms with Crippen LogP contribution in [0, 0.1) is 6.92 Å². The summed E-state index contributed by atoms with van der Waals surface area (Å²) in [6.07, 6.45) is 0. The summed E-state index contributed by atoms with van der Waals surface area (Å²) in [5, 5.41) is 0.451. The van der Waals surface area contributed by atoms with E-state index in [1.165, 1.54) is 6.07 Å². The maximum atomic E-state index is 12.0. The Morgan fingerprint density at radius 3 is 2.26 bits per heavy atom. The second-order valence-electron chi connectivity index (χ2n) is 3.97. The van der Waals surface area contributed by atoms with Crippen LogP contribution < -0.4 is 4.72 Å². The molecule has 0 spiro atoms. The SMILES string of the molecule is CCS(=O)(CC)=NS(=O)(=O)Nc1ccc(C)c(Cl)c1. The molecule has 0 fully saturated rings. The van der Waals surface area contributed by atoms with Crippen LogP contribution in [0.25, 0.3) is 0 Å². The van der Waals surface area contributed by atoms with Crippen LogP contribution in [0.5, 0.6) is 0 Å². The highest BCUT2D eigenvalue weighted by Crippen LogP contribution is 2.21. The van der Waals surface area contributed by atoms with Crippen LogP contribution in [0.15, 0.2) is 22.0 Å². The van der Waals surface area contributed by atoms with Gasteiger partial charge in [0, 0.05) is 16.5 Å². The predicted molar refractivity (Wildman–Crippen MR) is 80.4 cm³/mol. The zero-order valence-corrected chi connectivity index (χ0v) is 13.4. The molecule has 0 radical (unpaired) electrons. The largest absolute Gasteiger partial charge is 0.350 e. The lowest BCUT2D eigenvalue weighted by atomic mass is 10.2. The number of aryl methyl sites for hydroxylation is 1. The third kappa shape index (κ3) is 4.67. The number of hydrogen-bond donors (Lipinski definition) is 1. The Balaban J connectivity index is 3.10. The maximum absolute atomic E-state index is 12.0. The summed E-state index contributed by atoms with van der Waals surface area (Å²) in [6, 6.07) is 4.76. The monoisotopic (exact) mass is 324 g/mol. The Labute approximate surface area is 119 Å². The summed E-state index contributed by atoms with van der Waals surface area (Å²) in [6.45, 7) is 5.10. The summed E-state index contributed by atoms with van der Waals surface area (Å²) >= 11 is 5.91. The van der Waals surface area contributed by atoms with Gasteiger partial charge < -0.3 is 0 Å². The fourth-order valence-corrected chi connectivity index (χ4v) is 4.75. The van der Waals surface area contributed by atoms with Gasteiger partial charge in [-0.3, -0.25) is 4.72 Å². The van der Waals surface area contributed by atoms with E-state index in [0.717, 1.165) is 5.56 Å². The number of benzene rings is 1. The molecule has 0 aliphatic rings. The lowest BCUT2D eigenvalue weighted by molar-refractivity contribution is 0.603. The number of anilines is 1. The Bertz CT molecular complexity index is 667. The molecule has 8 heteroatoms. The molecule has 108 valence electrons. The van der Waals surface area contributed by atoms with E-state index < -0.39 is 19.9 Å². The minimum absolute atomic E-state index is 0.194. The highest BCUT2D eigenvalue weighted by atomic mass is 35.5. The Kier molecular flexibility index (Phi) is 5.23. The topological polar surface area (TPSA) is 75.6 Å². The molecule has 0 saturated carbocycles. The Hall–Kier alpha value is -0.790. The normalized spacial score (nSPS) is 12.2. The van der Waals surface area contributed by atoms with Gasteiger partial charge in [-0.25, -0.2) is 4.21 Å². The first kappa shape index (κ1) is 16.3. The van der Waals surface area contributed by atoms with E-state index in [2.05, 4.69) is 8.49 Å². The van der Waals surface area contributed by atoms with E-state index in [9.17, 15) is 12.6 Å². The minimum atomic E-state index is -4.01. The van der Waals surface area contributed by atoms with Crippen molar-refractivity contribution in [3.63, 3.8) is 0 Å². The average Bonchev–Trinajstić information content (AvgIpc) is 2.33. The first-order chi connectivity index (χ1) is 8.71. The van der Waals surface area contributed by atoms with Gasteiger partial charge in [0.05, 0.1) is 15.4 Å². The highest BCUT2D eigenvalue weighted by molar-refractivity contribution is 8.03. The smallest absolute Gasteiger partial charge is 0.265 e. The lowest BCUT2D eigenvalue weighted by Crippen LogP contribution is -2.15. The molecule has 1 aromatic rings. The summed E-state index contributed by atoms with van der Waals surface area (Å²) in [5.74, 6) is 0.387. The molecule has 0 amide bonds. The zero-order valence-electron chi connectivity index (χ0n) is 11.0. The molecule has 1 rings (SSSR count). The molecule has 1 aromatic carbocycles. The third-order valence-corrected chi connectivity index (χ3v) is 7.13. The van der Waals surface area contributed by atoms with Gasteiger partial charge in [-0.2, -0.15) is 8.42 Å². The summed E-state index contributed by atoms with van der Waals surface area (Å²) in [4.78, 5) is 0. The van der Waals surface area contributed by atoms with Crippen molar-refractivity contribution in [3.05, 3.63) is 28.8 Å². The number of nitrogens with one attached hydrogen (secondary N) is 1. The van der Waals surface area contributed by atoms with Gasteiger partial charge in [0.25, 0.3) is 0 Å². The standard InChI is InChI=1S/C11H17ClN2O3S2/c1-4-18(15,5-2)14-19(16,17)13-10-7-6-9(3)11(12)8-10/h6-8,13H,4-5H2,1-3H3. The van der Waals surface area contributed by atoms with Gasteiger partial charge in [-0.15, -0.1) is 0 Å². The van der Waals surface area contributed by atoms with Crippen molar-refractivity contribution in [3.8, 4) is 0 Å². The molecule has 0 bridgehead atoms. The molecule has 1 N–H and O–H groups in total. The fraction of sp³-hybridized carbons (Fsp3) is 0.455. The van der Waals surface area contributed by atoms with E-state index >= 15 is 0 Å². The van der Waals surface area contributed by atoms with Gasteiger partial charge in [0.2, 0.25) is 0 Å². The molecule has 0 aliphatic carbocycles. The van der Waals surface area contributed by atoms with E-state index in [4.69, 9.17) is 11.6 Å². The molecule has 5 nitrogen and oxygen atoms in total. The molecule has 0 saturated heterocycles. The first-order valence-electron chi connectivity index (χ1n) is 5.74. The Morgan fingerprint density at radius 2 is 1.79 bits per heavy atom. The van der Waals surface area contributed by atoms with Crippen molar-refractivity contribution in [2.75, 3.05) is 16.2 Å². The van der Waals surface area contributed by atoms with E-state index in [1.807, 2.05) is 6.92 Å². The number of nitrogens with zero attached hydrogens (tertiary/aromatic N) is 1. The van der Waals surface area contributed by atoms with Crippen LogP contribution in [0.4, 0.5) is 5.69 Å². The second-order valence-corrected chi connectivity index (χ2v) is 8.82. The zero-order chi connectivity index (χ0) is 14.7. The van der Waals surface area contributed by atoms with Gasteiger partial charge >= 0.3 is 10.2 Å². The molecule has 0 aliphatic heterocycles. The number of halogens is 1. The molecular weight excluding hydrogens is 308 g/mol. The quantitative estimate of drug-likeness (QED) is 0.904. The Morgan fingerprint density at radius 1 is 1.21 bits per heavy atom. The van der Waals surface area contributed by atoms with Crippen LogP contribution in [0.2, 0.25) is 5.02 Å². The number of rotatable bonds is 5. The van der Waals surface area contributed by atoms with Crippen LogP contribution in [0.3, 0.4) is 0 Å². The lowest BCUT2D eigenvalue weighted by Gasteiger charge is -2.08. The number of hydrogen-bond acceptors (Lipinski definition) is 3. The van der Waals surface area contributed by atoms with Crippen molar-refractivity contribution < 1.29 is 12.6 Å². The van der Waals surface area contributed by atoms with Crippen LogP contribution in [-0.4, -0.2) is 24.1 Å². The van der Waals surface area contributed by atoms with Crippen LogP contribution in [-0.2, 0) is 19.9 Å². The highest BCUT2D eigenvalue weighted by Gasteiger charge is 2.14. The maximum Gasteiger partial charge on any atom is 0.350 e. The minimum Gasteiger partial charge on any atom is -0.265 e. The van der Waals surface area contributed by atoms with E-state index in [0.29, 0.717) is 10.7 Å². The van der Waals surface area contributed by atoms with Gasteiger partial charge in [0.1, 0.15) is 0 Å².